The van der Waals surface area contributed by atoms with Crippen LogP contribution in [0.1, 0.15) is 12.8 Å². The van der Waals surface area contributed by atoms with Gasteiger partial charge in [0.25, 0.3) is 0 Å². The molecule has 2 nitrogen and oxygen atoms in total. The molecule has 2 heteroatoms. The van der Waals surface area contributed by atoms with Crippen LogP contribution in [-0.2, 0) is 0 Å². The normalized spacial score (nSPS) is 42.6. The lowest BCUT2D eigenvalue weighted by molar-refractivity contribution is 0.371. The van der Waals surface area contributed by atoms with Crippen molar-refractivity contribution >= 4 is 0 Å². The van der Waals surface area contributed by atoms with E-state index in [1.54, 1.807) is 0 Å². The van der Waals surface area contributed by atoms with Gasteiger partial charge in [-0.25, -0.2) is 0 Å². The summed E-state index contributed by atoms with van der Waals surface area (Å²) in [5.74, 6) is 1.86. The van der Waals surface area contributed by atoms with E-state index in [2.05, 4.69) is 11.9 Å². The summed E-state index contributed by atoms with van der Waals surface area (Å²) in [5.41, 5.74) is 5.85. The average molecular weight is 140 g/mol. The quantitative estimate of drug-likeness (QED) is 0.524. The molecular weight excluding hydrogens is 124 g/mol. The van der Waals surface area contributed by atoms with Crippen LogP contribution in [0, 0.1) is 11.8 Å². The zero-order valence-corrected chi connectivity index (χ0v) is 6.59. The highest BCUT2D eigenvalue weighted by molar-refractivity contribution is 4.92. The number of likely N-dealkylation sites (tertiary alicyclic amines) is 1. The lowest BCUT2D eigenvalue weighted by Crippen LogP contribution is -2.22. The van der Waals surface area contributed by atoms with Crippen molar-refractivity contribution in [1.29, 1.82) is 0 Å². The van der Waals surface area contributed by atoms with Crippen LogP contribution in [0.15, 0.2) is 0 Å². The van der Waals surface area contributed by atoms with Crippen LogP contribution in [0.5, 0.6) is 0 Å². The zero-order chi connectivity index (χ0) is 7.14. The number of nitrogens with zero attached hydrogens (tertiary/aromatic N) is 1. The Kier molecular flexibility index (Phi) is 1.46. The number of fused-ring (bicyclic) bond motifs is 1. The first-order chi connectivity index (χ1) is 4.75. The molecule has 0 aromatic carbocycles. The molecule has 2 rings (SSSR count). The second-order valence-corrected chi connectivity index (χ2v) is 3.97. The van der Waals surface area contributed by atoms with E-state index < -0.39 is 0 Å². The fourth-order valence-electron chi connectivity index (χ4n) is 2.58. The summed E-state index contributed by atoms with van der Waals surface area (Å²) in [5, 5.41) is 0. The SMILES string of the molecule is CN1C[C@H]2CC(N)C[C@@H]2C1. The highest BCUT2D eigenvalue weighted by Crippen LogP contribution is 2.36. The minimum atomic E-state index is 0.517. The minimum absolute atomic E-state index is 0.517. The average Bonchev–Trinajstić information content (AvgIpc) is 2.21. The fourth-order valence-corrected chi connectivity index (χ4v) is 2.58. The van der Waals surface area contributed by atoms with E-state index >= 15 is 0 Å². The molecule has 0 spiro atoms. The molecule has 0 radical (unpaired) electrons. The molecule has 1 saturated heterocycles. The molecule has 2 atom stereocenters. The van der Waals surface area contributed by atoms with Crippen molar-refractivity contribution in [2.24, 2.45) is 17.6 Å². The maximum Gasteiger partial charge on any atom is 0.00452 e. The minimum Gasteiger partial charge on any atom is -0.328 e. The highest BCUT2D eigenvalue weighted by atomic mass is 15.1. The summed E-state index contributed by atoms with van der Waals surface area (Å²) in [6.45, 7) is 2.58. The van der Waals surface area contributed by atoms with E-state index in [0.717, 1.165) is 11.8 Å². The van der Waals surface area contributed by atoms with Crippen molar-refractivity contribution < 1.29 is 0 Å². The van der Waals surface area contributed by atoms with Crippen molar-refractivity contribution in [3.05, 3.63) is 0 Å². The summed E-state index contributed by atoms with van der Waals surface area (Å²) in [4.78, 5) is 2.43. The van der Waals surface area contributed by atoms with Gasteiger partial charge in [0.2, 0.25) is 0 Å². The highest BCUT2D eigenvalue weighted by Gasteiger charge is 2.37. The van der Waals surface area contributed by atoms with Crippen molar-refractivity contribution in [1.82, 2.24) is 4.90 Å². The van der Waals surface area contributed by atoms with E-state index in [-0.39, 0.29) is 0 Å². The van der Waals surface area contributed by atoms with Crippen LogP contribution < -0.4 is 5.73 Å². The Bertz CT molecular complexity index is 107. The summed E-state index contributed by atoms with van der Waals surface area (Å²) < 4.78 is 0. The van der Waals surface area contributed by atoms with Crippen LogP contribution in [0.25, 0.3) is 0 Å². The van der Waals surface area contributed by atoms with Crippen LogP contribution in [-0.4, -0.2) is 31.1 Å². The Labute approximate surface area is 62.4 Å². The molecule has 1 heterocycles. The van der Waals surface area contributed by atoms with Gasteiger partial charge in [0.05, 0.1) is 0 Å². The monoisotopic (exact) mass is 140 g/mol. The number of nitrogens with two attached hydrogens (primary N) is 1. The Hall–Kier alpha value is -0.0800. The first-order valence-corrected chi connectivity index (χ1v) is 4.20. The molecule has 0 aromatic rings. The van der Waals surface area contributed by atoms with Crippen LogP contribution >= 0.6 is 0 Å². The van der Waals surface area contributed by atoms with Gasteiger partial charge in [0.15, 0.2) is 0 Å². The molecule has 10 heavy (non-hydrogen) atoms. The number of rotatable bonds is 0. The molecule has 2 N–H and O–H groups in total. The summed E-state index contributed by atoms with van der Waals surface area (Å²) in [6.07, 6.45) is 2.55. The maximum absolute atomic E-state index is 5.85. The first kappa shape index (κ1) is 6.62. The molecule has 1 saturated carbocycles. The van der Waals surface area contributed by atoms with Gasteiger partial charge < -0.3 is 10.6 Å². The third kappa shape index (κ3) is 0.956. The van der Waals surface area contributed by atoms with Crippen molar-refractivity contribution in [2.45, 2.75) is 18.9 Å². The van der Waals surface area contributed by atoms with Gasteiger partial charge in [-0.1, -0.05) is 0 Å². The topological polar surface area (TPSA) is 29.3 Å². The lowest BCUT2D eigenvalue weighted by Gasteiger charge is -2.09. The second kappa shape index (κ2) is 2.21. The number of hydrogen-bond acceptors (Lipinski definition) is 2. The molecule has 0 unspecified atom stereocenters. The second-order valence-electron chi connectivity index (χ2n) is 3.97. The predicted molar refractivity (Wildman–Crippen MR) is 41.7 cm³/mol. The van der Waals surface area contributed by atoms with Crippen LogP contribution in [0.3, 0.4) is 0 Å². The predicted octanol–water partition coefficient (Wildman–Crippen LogP) is 0.285. The number of hydrogen-bond donors (Lipinski definition) is 1. The molecular formula is C8H16N2. The summed E-state index contributed by atoms with van der Waals surface area (Å²) in [7, 11) is 2.21. The van der Waals surface area contributed by atoms with Gasteiger partial charge in [-0.15, -0.1) is 0 Å². The molecule has 1 aliphatic heterocycles. The molecule has 2 fully saturated rings. The standard InChI is InChI=1S/C8H16N2/c1-10-4-6-2-8(9)3-7(6)5-10/h6-8H,2-5,9H2,1H3/t6-,7-/m1/s1. The van der Waals surface area contributed by atoms with Crippen LogP contribution in [0.4, 0.5) is 0 Å². The van der Waals surface area contributed by atoms with Gasteiger partial charge in [-0.2, -0.15) is 0 Å². The van der Waals surface area contributed by atoms with Gasteiger partial charge in [-0.3, -0.25) is 0 Å². The Morgan fingerprint density at radius 3 is 2.20 bits per heavy atom. The Balaban J connectivity index is 2.00. The largest absolute Gasteiger partial charge is 0.328 e. The Morgan fingerprint density at radius 2 is 1.70 bits per heavy atom. The van der Waals surface area contributed by atoms with Crippen molar-refractivity contribution in [3.63, 3.8) is 0 Å². The van der Waals surface area contributed by atoms with Crippen molar-refractivity contribution in [2.75, 3.05) is 20.1 Å². The molecule has 1 aliphatic carbocycles. The van der Waals surface area contributed by atoms with Gasteiger partial charge in [0.1, 0.15) is 0 Å². The summed E-state index contributed by atoms with van der Waals surface area (Å²) in [6, 6.07) is 0.517. The molecule has 0 aromatic heterocycles. The Morgan fingerprint density at radius 1 is 1.20 bits per heavy atom. The first-order valence-electron chi connectivity index (χ1n) is 4.20. The van der Waals surface area contributed by atoms with E-state index in [4.69, 9.17) is 5.73 Å². The van der Waals surface area contributed by atoms with E-state index in [0.29, 0.717) is 6.04 Å². The molecule has 0 bridgehead atoms. The molecule has 0 amide bonds. The third-order valence-electron chi connectivity index (χ3n) is 2.97. The maximum atomic E-state index is 5.85. The smallest absolute Gasteiger partial charge is 0.00452 e. The van der Waals surface area contributed by atoms with Gasteiger partial charge in [-0.05, 0) is 31.7 Å². The van der Waals surface area contributed by atoms with Gasteiger partial charge >= 0.3 is 0 Å². The molecule has 2 aliphatic rings. The van der Waals surface area contributed by atoms with Gasteiger partial charge in [0, 0.05) is 19.1 Å². The lowest BCUT2D eigenvalue weighted by atomic mass is 10.0. The fraction of sp³-hybridized carbons (Fsp3) is 1.00. The van der Waals surface area contributed by atoms with E-state index in [1.165, 1.54) is 25.9 Å². The van der Waals surface area contributed by atoms with Crippen LogP contribution in [0.2, 0.25) is 0 Å². The van der Waals surface area contributed by atoms with Crippen molar-refractivity contribution in [3.8, 4) is 0 Å². The van der Waals surface area contributed by atoms with E-state index in [9.17, 15) is 0 Å². The third-order valence-corrected chi connectivity index (χ3v) is 2.97. The van der Waals surface area contributed by atoms with E-state index in [1.807, 2.05) is 0 Å². The zero-order valence-electron chi connectivity index (χ0n) is 6.59. The molecule has 58 valence electrons. The summed E-state index contributed by atoms with van der Waals surface area (Å²) >= 11 is 0.